The van der Waals surface area contributed by atoms with E-state index in [4.69, 9.17) is 5.73 Å². The Hall–Kier alpha value is -1.92. The lowest BCUT2D eigenvalue weighted by Gasteiger charge is -2.25. The normalized spacial score (nSPS) is 17.9. The van der Waals surface area contributed by atoms with E-state index < -0.39 is 10.0 Å². The molecule has 2 N–H and O–H groups in total. The number of fused-ring (bicyclic) bond motifs is 1. The van der Waals surface area contributed by atoms with Gasteiger partial charge in [0.05, 0.1) is 6.04 Å². The van der Waals surface area contributed by atoms with Crippen LogP contribution in [0.4, 0.5) is 5.82 Å². The minimum atomic E-state index is -3.65. The molecule has 1 atom stereocenters. The molecule has 0 radical (unpaired) electrons. The molecule has 0 saturated heterocycles. The number of sulfonamides is 1. The van der Waals surface area contributed by atoms with Crippen LogP contribution in [0.2, 0.25) is 0 Å². The highest BCUT2D eigenvalue weighted by molar-refractivity contribution is 7.89. The second-order valence-corrected chi connectivity index (χ2v) is 7.13. The van der Waals surface area contributed by atoms with Gasteiger partial charge in [0.1, 0.15) is 10.7 Å². The summed E-state index contributed by atoms with van der Waals surface area (Å²) in [5.74, 6) is 0.0376. The van der Waals surface area contributed by atoms with E-state index in [0.717, 1.165) is 18.4 Å². The van der Waals surface area contributed by atoms with Gasteiger partial charge in [-0.3, -0.25) is 0 Å². The molecule has 0 saturated carbocycles. The number of nitrogens with zero attached hydrogens (tertiary/aromatic N) is 2. The Bertz CT molecular complexity index is 774. The molecular formula is C15H17N3O2S. The minimum Gasteiger partial charge on any atom is -0.383 e. The van der Waals surface area contributed by atoms with Crippen molar-refractivity contribution in [1.29, 1.82) is 0 Å². The molecule has 1 aromatic carbocycles. The molecule has 0 spiro atoms. The summed E-state index contributed by atoms with van der Waals surface area (Å²) in [6, 6.07) is 10.9. The summed E-state index contributed by atoms with van der Waals surface area (Å²) in [5, 5.41) is 0. The van der Waals surface area contributed by atoms with E-state index in [2.05, 4.69) is 4.98 Å². The van der Waals surface area contributed by atoms with E-state index >= 15 is 0 Å². The predicted octanol–water partition coefficient (Wildman–Crippen LogP) is 1.97. The molecule has 0 amide bonds. The number of nitrogens with two attached hydrogens (primary N) is 1. The second-order valence-electron chi connectivity index (χ2n) is 5.16. The van der Waals surface area contributed by atoms with Gasteiger partial charge in [0.25, 0.3) is 0 Å². The summed E-state index contributed by atoms with van der Waals surface area (Å²) in [7, 11) is -2.04. The molecule has 1 aliphatic rings. The first-order chi connectivity index (χ1) is 10.0. The van der Waals surface area contributed by atoms with Crippen molar-refractivity contribution in [2.24, 2.45) is 0 Å². The fourth-order valence-corrected chi connectivity index (χ4v) is 4.29. The molecule has 1 aromatic heterocycles. The van der Waals surface area contributed by atoms with Crippen molar-refractivity contribution < 1.29 is 8.42 Å². The monoisotopic (exact) mass is 303 g/mol. The molecule has 0 fully saturated rings. The molecule has 1 aliphatic carbocycles. The Morgan fingerprint density at radius 1 is 1.24 bits per heavy atom. The van der Waals surface area contributed by atoms with Gasteiger partial charge >= 0.3 is 0 Å². The minimum absolute atomic E-state index is 0.0376. The summed E-state index contributed by atoms with van der Waals surface area (Å²) in [4.78, 5) is 3.94. The van der Waals surface area contributed by atoms with Gasteiger partial charge in [-0.2, -0.15) is 4.31 Å². The van der Waals surface area contributed by atoms with Crippen LogP contribution in [0.1, 0.15) is 23.6 Å². The van der Waals surface area contributed by atoms with Gasteiger partial charge in [-0.1, -0.05) is 24.3 Å². The first-order valence-electron chi connectivity index (χ1n) is 6.78. The van der Waals surface area contributed by atoms with Crippen LogP contribution in [0.5, 0.6) is 0 Å². The van der Waals surface area contributed by atoms with Crippen molar-refractivity contribution in [3.8, 4) is 0 Å². The topological polar surface area (TPSA) is 76.3 Å². The number of aryl methyl sites for hydroxylation is 1. The van der Waals surface area contributed by atoms with Gasteiger partial charge in [0.15, 0.2) is 0 Å². The third-order valence-electron chi connectivity index (χ3n) is 4.00. The summed E-state index contributed by atoms with van der Waals surface area (Å²) in [6.45, 7) is 0. The number of hydrogen-bond donors (Lipinski definition) is 1. The van der Waals surface area contributed by atoms with Gasteiger partial charge in [-0.15, -0.1) is 0 Å². The molecule has 3 rings (SSSR count). The molecule has 21 heavy (non-hydrogen) atoms. The number of anilines is 1. The first kappa shape index (κ1) is 14.0. The Morgan fingerprint density at radius 2 is 2.00 bits per heavy atom. The zero-order chi connectivity index (χ0) is 15.0. The maximum absolute atomic E-state index is 12.8. The molecule has 110 valence electrons. The van der Waals surface area contributed by atoms with Crippen LogP contribution in [0.3, 0.4) is 0 Å². The van der Waals surface area contributed by atoms with Crippen molar-refractivity contribution in [1.82, 2.24) is 9.29 Å². The van der Waals surface area contributed by atoms with Gasteiger partial charge in [0.2, 0.25) is 10.0 Å². The van der Waals surface area contributed by atoms with Crippen LogP contribution in [0, 0.1) is 0 Å². The van der Waals surface area contributed by atoms with Crippen molar-refractivity contribution in [3.05, 3.63) is 53.7 Å². The maximum Gasteiger partial charge on any atom is 0.247 e. The number of rotatable bonds is 3. The molecule has 2 aromatic rings. The number of aromatic nitrogens is 1. The van der Waals surface area contributed by atoms with Crippen LogP contribution in [0.15, 0.2) is 47.5 Å². The molecule has 0 bridgehead atoms. The third-order valence-corrected chi connectivity index (χ3v) is 5.91. The number of benzene rings is 1. The lowest BCUT2D eigenvalue weighted by atomic mass is 10.1. The quantitative estimate of drug-likeness (QED) is 0.940. The SMILES string of the molecule is CN(C1CCc2ccccc21)S(=O)(=O)c1cccnc1N. The highest BCUT2D eigenvalue weighted by atomic mass is 32.2. The maximum atomic E-state index is 12.8. The fourth-order valence-electron chi connectivity index (χ4n) is 2.86. The van der Waals surface area contributed by atoms with E-state index in [1.165, 1.54) is 22.1 Å². The van der Waals surface area contributed by atoms with Crippen molar-refractivity contribution in [2.75, 3.05) is 12.8 Å². The van der Waals surface area contributed by atoms with Crippen LogP contribution in [0.25, 0.3) is 0 Å². The Balaban J connectivity index is 2.00. The molecule has 6 heteroatoms. The Kier molecular flexibility index (Phi) is 3.43. The lowest BCUT2D eigenvalue weighted by Crippen LogP contribution is -2.31. The van der Waals surface area contributed by atoms with E-state index in [-0.39, 0.29) is 16.8 Å². The van der Waals surface area contributed by atoms with E-state index in [1.54, 1.807) is 13.1 Å². The first-order valence-corrected chi connectivity index (χ1v) is 8.22. The smallest absolute Gasteiger partial charge is 0.247 e. The second kappa shape index (κ2) is 5.13. The van der Waals surface area contributed by atoms with Gasteiger partial charge in [-0.05, 0) is 36.1 Å². The average molecular weight is 303 g/mol. The van der Waals surface area contributed by atoms with Crippen LogP contribution in [-0.4, -0.2) is 24.8 Å². The number of pyridine rings is 1. The average Bonchev–Trinajstić information content (AvgIpc) is 2.90. The zero-order valence-corrected chi connectivity index (χ0v) is 12.5. The summed E-state index contributed by atoms with van der Waals surface area (Å²) >= 11 is 0. The molecular weight excluding hydrogens is 286 g/mol. The fraction of sp³-hybridized carbons (Fsp3) is 0.267. The molecule has 1 unspecified atom stereocenters. The zero-order valence-electron chi connectivity index (χ0n) is 11.7. The van der Waals surface area contributed by atoms with Crippen molar-refractivity contribution >= 4 is 15.8 Å². The predicted molar refractivity (Wildman–Crippen MR) is 81.1 cm³/mol. The Labute approximate surface area is 124 Å². The van der Waals surface area contributed by atoms with Crippen LogP contribution in [-0.2, 0) is 16.4 Å². The highest BCUT2D eigenvalue weighted by Gasteiger charge is 2.34. The lowest BCUT2D eigenvalue weighted by molar-refractivity contribution is 0.374. The molecule has 0 aliphatic heterocycles. The summed E-state index contributed by atoms with van der Waals surface area (Å²) in [5.41, 5.74) is 8.01. The van der Waals surface area contributed by atoms with Crippen LogP contribution >= 0.6 is 0 Å². The van der Waals surface area contributed by atoms with E-state index in [9.17, 15) is 8.42 Å². The van der Waals surface area contributed by atoms with Crippen LogP contribution < -0.4 is 5.73 Å². The van der Waals surface area contributed by atoms with Gasteiger partial charge < -0.3 is 5.73 Å². The third kappa shape index (κ3) is 2.30. The van der Waals surface area contributed by atoms with Gasteiger partial charge in [0, 0.05) is 13.2 Å². The number of hydrogen-bond acceptors (Lipinski definition) is 4. The van der Waals surface area contributed by atoms with E-state index in [1.807, 2.05) is 24.3 Å². The summed E-state index contributed by atoms with van der Waals surface area (Å²) < 4.78 is 26.9. The highest BCUT2D eigenvalue weighted by Crippen LogP contribution is 2.37. The standard InChI is InChI=1S/C15H17N3O2S/c1-18(13-9-8-11-5-2-3-6-12(11)13)21(19,20)14-7-4-10-17-15(14)16/h2-7,10,13H,8-9H2,1H3,(H2,16,17). The molecule has 1 heterocycles. The summed E-state index contributed by atoms with van der Waals surface area (Å²) in [6.07, 6.45) is 3.16. The van der Waals surface area contributed by atoms with Crippen molar-refractivity contribution in [2.45, 2.75) is 23.8 Å². The molecule has 5 nitrogen and oxygen atoms in total. The van der Waals surface area contributed by atoms with Crippen molar-refractivity contribution in [3.63, 3.8) is 0 Å². The van der Waals surface area contributed by atoms with E-state index in [0.29, 0.717) is 0 Å². The van der Waals surface area contributed by atoms with Gasteiger partial charge in [-0.25, -0.2) is 13.4 Å². The number of nitrogen functional groups attached to an aromatic ring is 1. The Morgan fingerprint density at radius 3 is 2.76 bits per heavy atom. The largest absolute Gasteiger partial charge is 0.383 e.